The van der Waals surface area contributed by atoms with Crippen molar-refractivity contribution < 1.29 is 14.0 Å². The van der Waals surface area contributed by atoms with Crippen molar-refractivity contribution in [2.75, 3.05) is 0 Å². The molecule has 2 heterocycles. The van der Waals surface area contributed by atoms with Crippen molar-refractivity contribution in [2.24, 2.45) is 0 Å². The van der Waals surface area contributed by atoms with E-state index in [-0.39, 0.29) is 18.4 Å². The number of rotatable bonds is 2. The second-order valence-electron chi connectivity index (χ2n) is 3.85. The molecule has 0 aliphatic carbocycles. The average Bonchev–Trinajstić information content (AvgIpc) is 2.88. The van der Waals surface area contributed by atoms with Crippen LogP contribution in [0.4, 0.5) is 0 Å². The average molecular weight is 227 g/mol. The van der Waals surface area contributed by atoms with Gasteiger partial charge in [0.25, 0.3) is 11.8 Å². The van der Waals surface area contributed by atoms with E-state index in [0.717, 1.165) is 16.5 Å². The van der Waals surface area contributed by atoms with Crippen LogP contribution in [0.1, 0.15) is 5.56 Å². The lowest BCUT2D eigenvalue weighted by molar-refractivity contribution is -0.137. The Labute approximate surface area is 97.1 Å². The number of furan rings is 1. The molecule has 1 aromatic heterocycles. The van der Waals surface area contributed by atoms with Crippen LogP contribution in [-0.4, -0.2) is 16.7 Å². The van der Waals surface area contributed by atoms with Gasteiger partial charge in [-0.3, -0.25) is 14.5 Å². The summed E-state index contributed by atoms with van der Waals surface area (Å²) >= 11 is 0. The summed E-state index contributed by atoms with van der Waals surface area (Å²) in [6.07, 6.45) is 4.15. The van der Waals surface area contributed by atoms with Crippen LogP contribution >= 0.6 is 0 Å². The molecule has 0 atom stereocenters. The molecule has 0 N–H and O–H groups in total. The number of hydrogen-bond donors (Lipinski definition) is 0. The van der Waals surface area contributed by atoms with Gasteiger partial charge in [0.05, 0.1) is 12.8 Å². The Morgan fingerprint density at radius 3 is 2.53 bits per heavy atom. The summed E-state index contributed by atoms with van der Waals surface area (Å²) in [7, 11) is 0. The van der Waals surface area contributed by atoms with E-state index in [2.05, 4.69) is 0 Å². The number of imide groups is 1. The molecule has 1 aliphatic rings. The lowest BCUT2D eigenvalue weighted by atomic mass is 10.1. The molecule has 1 aliphatic heterocycles. The first-order chi connectivity index (χ1) is 8.25. The predicted molar refractivity (Wildman–Crippen MR) is 60.9 cm³/mol. The van der Waals surface area contributed by atoms with E-state index in [0.29, 0.717) is 0 Å². The molecule has 4 nitrogen and oxygen atoms in total. The first-order valence-electron chi connectivity index (χ1n) is 5.24. The number of benzene rings is 1. The molecule has 17 heavy (non-hydrogen) atoms. The molecule has 2 aromatic rings. The van der Waals surface area contributed by atoms with Crippen molar-refractivity contribution in [3.05, 3.63) is 48.2 Å². The number of hydrogen-bond acceptors (Lipinski definition) is 3. The Balaban J connectivity index is 1.96. The van der Waals surface area contributed by atoms with Crippen LogP contribution < -0.4 is 0 Å². The molecule has 0 radical (unpaired) electrons. The summed E-state index contributed by atoms with van der Waals surface area (Å²) in [5.41, 5.74) is 1.60. The first-order valence-corrected chi connectivity index (χ1v) is 5.24. The lowest BCUT2D eigenvalue weighted by Gasteiger charge is -2.12. The maximum atomic E-state index is 11.4. The Bertz CT molecular complexity index is 621. The van der Waals surface area contributed by atoms with Crippen molar-refractivity contribution in [3.63, 3.8) is 0 Å². The molecule has 2 amide bonds. The third-order valence-electron chi connectivity index (χ3n) is 2.79. The molecule has 0 bridgehead atoms. The number of fused-ring (bicyclic) bond motifs is 1. The minimum absolute atomic E-state index is 0.252. The molecular weight excluding hydrogens is 218 g/mol. The Kier molecular flexibility index (Phi) is 2.08. The molecule has 84 valence electrons. The van der Waals surface area contributed by atoms with E-state index in [4.69, 9.17) is 4.42 Å². The van der Waals surface area contributed by atoms with Gasteiger partial charge in [0.2, 0.25) is 0 Å². The highest BCUT2D eigenvalue weighted by molar-refractivity contribution is 6.12. The summed E-state index contributed by atoms with van der Waals surface area (Å²) in [5.74, 6) is -0.555. The quantitative estimate of drug-likeness (QED) is 0.736. The molecule has 0 unspecified atom stereocenters. The van der Waals surface area contributed by atoms with Gasteiger partial charge < -0.3 is 4.42 Å². The van der Waals surface area contributed by atoms with Crippen molar-refractivity contribution in [1.29, 1.82) is 0 Å². The number of carbonyl (C=O) groups excluding carboxylic acids is 2. The molecule has 3 rings (SSSR count). The topological polar surface area (TPSA) is 50.5 Å². The molecule has 0 fully saturated rings. The Hall–Kier alpha value is -2.36. The third-order valence-corrected chi connectivity index (χ3v) is 2.79. The van der Waals surface area contributed by atoms with Crippen molar-refractivity contribution in [1.82, 2.24) is 4.90 Å². The number of amides is 2. The second kappa shape index (κ2) is 3.59. The van der Waals surface area contributed by atoms with Gasteiger partial charge in [-0.05, 0) is 6.07 Å². The number of carbonyl (C=O) groups is 2. The minimum atomic E-state index is -0.278. The van der Waals surface area contributed by atoms with E-state index in [1.54, 1.807) is 6.26 Å². The first kappa shape index (κ1) is 9.84. The van der Waals surface area contributed by atoms with Crippen molar-refractivity contribution in [2.45, 2.75) is 6.54 Å². The van der Waals surface area contributed by atoms with Crippen molar-refractivity contribution >= 4 is 22.8 Å². The van der Waals surface area contributed by atoms with Gasteiger partial charge in [-0.25, -0.2) is 0 Å². The maximum absolute atomic E-state index is 11.4. The lowest BCUT2D eigenvalue weighted by Crippen LogP contribution is -2.29. The highest BCUT2D eigenvalue weighted by Gasteiger charge is 2.24. The van der Waals surface area contributed by atoms with Gasteiger partial charge in [0.1, 0.15) is 5.58 Å². The molecule has 1 aromatic carbocycles. The second-order valence-corrected chi connectivity index (χ2v) is 3.85. The zero-order chi connectivity index (χ0) is 11.8. The SMILES string of the molecule is O=C1C=CC(=O)N1Cc1coc2ccccc12. The van der Waals surface area contributed by atoms with Gasteiger partial charge >= 0.3 is 0 Å². The van der Waals surface area contributed by atoms with Gasteiger partial charge in [0, 0.05) is 23.1 Å². The largest absolute Gasteiger partial charge is 0.464 e. The van der Waals surface area contributed by atoms with E-state index in [9.17, 15) is 9.59 Å². The summed E-state index contributed by atoms with van der Waals surface area (Å²) in [5, 5.41) is 0.931. The summed E-state index contributed by atoms with van der Waals surface area (Å²) in [4.78, 5) is 24.1. The summed E-state index contributed by atoms with van der Waals surface area (Å²) in [6.45, 7) is 0.252. The Morgan fingerprint density at radius 2 is 1.76 bits per heavy atom. The summed E-state index contributed by atoms with van der Waals surface area (Å²) < 4.78 is 5.36. The van der Waals surface area contributed by atoms with Crippen LogP contribution in [0.3, 0.4) is 0 Å². The fourth-order valence-electron chi connectivity index (χ4n) is 1.91. The summed E-state index contributed by atoms with van der Waals surface area (Å²) in [6, 6.07) is 7.54. The van der Waals surface area contributed by atoms with Crippen LogP contribution in [0.25, 0.3) is 11.0 Å². The molecule has 4 heteroatoms. The smallest absolute Gasteiger partial charge is 0.253 e. The molecular formula is C13H9NO3. The van der Waals surface area contributed by atoms with Crippen LogP contribution in [0.15, 0.2) is 47.1 Å². The minimum Gasteiger partial charge on any atom is -0.464 e. The number of para-hydroxylation sites is 1. The fraction of sp³-hybridized carbons (Fsp3) is 0.0769. The zero-order valence-electron chi connectivity index (χ0n) is 8.92. The normalized spacial score (nSPS) is 15.2. The number of nitrogens with zero attached hydrogens (tertiary/aromatic N) is 1. The zero-order valence-corrected chi connectivity index (χ0v) is 8.92. The monoisotopic (exact) mass is 227 g/mol. The predicted octanol–water partition coefficient (Wildman–Crippen LogP) is 1.86. The highest BCUT2D eigenvalue weighted by Crippen LogP contribution is 2.23. The van der Waals surface area contributed by atoms with E-state index < -0.39 is 0 Å². The van der Waals surface area contributed by atoms with Gasteiger partial charge in [-0.1, -0.05) is 18.2 Å². The van der Waals surface area contributed by atoms with Crippen LogP contribution in [0.5, 0.6) is 0 Å². The van der Waals surface area contributed by atoms with Crippen LogP contribution in [0.2, 0.25) is 0 Å². The van der Waals surface area contributed by atoms with Gasteiger partial charge in [-0.2, -0.15) is 0 Å². The van der Waals surface area contributed by atoms with Crippen LogP contribution in [-0.2, 0) is 16.1 Å². The fourth-order valence-corrected chi connectivity index (χ4v) is 1.91. The van der Waals surface area contributed by atoms with Crippen molar-refractivity contribution in [3.8, 4) is 0 Å². The highest BCUT2D eigenvalue weighted by atomic mass is 16.3. The van der Waals surface area contributed by atoms with Crippen LogP contribution in [0, 0.1) is 0 Å². The van der Waals surface area contributed by atoms with E-state index in [1.165, 1.54) is 17.1 Å². The standard InChI is InChI=1S/C13H9NO3/c15-12-5-6-13(16)14(12)7-9-8-17-11-4-2-1-3-10(9)11/h1-6,8H,7H2. The molecule has 0 saturated heterocycles. The van der Waals surface area contributed by atoms with Gasteiger partial charge in [-0.15, -0.1) is 0 Å². The molecule has 0 saturated carbocycles. The molecule has 0 spiro atoms. The van der Waals surface area contributed by atoms with E-state index in [1.807, 2.05) is 24.3 Å². The van der Waals surface area contributed by atoms with Gasteiger partial charge in [0.15, 0.2) is 0 Å². The Morgan fingerprint density at radius 1 is 1.06 bits per heavy atom. The van der Waals surface area contributed by atoms with E-state index >= 15 is 0 Å². The third kappa shape index (κ3) is 1.54. The maximum Gasteiger partial charge on any atom is 0.253 e.